The zero-order chi connectivity index (χ0) is 17.8. The Kier molecular flexibility index (Phi) is 5.89. The number of anilines is 1. The van der Waals surface area contributed by atoms with Crippen LogP contribution in [0.15, 0.2) is 12.4 Å². The number of nitrogens with one attached hydrogen (secondary N) is 1. The summed E-state index contributed by atoms with van der Waals surface area (Å²) in [6, 6.07) is 0. The first-order valence-electron chi connectivity index (χ1n) is 7.10. The number of carbonyl (C=O) groups is 2. The van der Waals surface area contributed by atoms with Crippen LogP contribution in [0.3, 0.4) is 0 Å². The van der Waals surface area contributed by atoms with Gasteiger partial charge in [-0.1, -0.05) is 13.8 Å². The lowest BCUT2D eigenvalue weighted by Crippen LogP contribution is -2.37. The number of sulfonamides is 1. The first kappa shape index (κ1) is 19.1. The van der Waals surface area contributed by atoms with Crippen molar-refractivity contribution in [3.8, 4) is 0 Å². The molecule has 0 bridgehead atoms. The van der Waals surface area contributed by atoms with Gasteiger partial charge in [0.2, 0.25) is 15.9 Å². The van der Waals surface area contributed by atoms with Crippen LogP contribution in [0.4, 0.5) is 5.69 Å². The van der Waals surface area contributed by atoms with Gasteiger partial charge in [0.25, 0.3) is 0 Å². The monoisotopic (exact) mass is 346 g/mol. The number of carboxylic acid groups (broad SMARTS) is 1. The number of aromatic nitrogens is 2. The molecule has 0 spiro atoms. The Bertz CT molecular complexity index is 676. The number of carboxylic acids is 1. The number of carbonyl (C=O) groups excluding carboxylic acids is 1. The van der Waals surface area contributed by atoms with Crippen molar-refractivity contribution in [1.82, 2.24) is 14.1 Å². The second-order valence-electron chi connectivity index (χ2n) is 5.43. The van der Waals surface area contributed by atoms with Crippen molar-refractivity contribution >= 4 is 27.6 Å². The van der Waals surface area contributed by atoms with Gasteiger partial charge in [-0.05, 0) is 13.8 Å². The molecule has 23 heavy (non-hydrogen) atoms. The van der Waals surface area contributed by atoms with E-state index in [-0.39, 0.29) is 18.8 Å². The van der Waals surface area contributed by atoms with Gasteiger partial charge in [-0.2, -0.15) is 5.10 Å². The Morgan fingerprint density at radius 1 is 1.35 bits per heavy atom. The minimum absolute atomic E-state index is 0.235. The lowest BCUT2D eigenvalue weighted by molar-refractivity contribution is -0.146. The maximum Gasteiger partial charge on any atom is 0.331 e. The van der Waals surface area contributed by atoms with Gasteiger partial charge in [0.15, 0.2) is 5.54 Å². The highest BCUT2D eigenvalue weighted by Crippen LogP contribution is 2.17. The third-order valence-corrected chi connectivity index (χ3v) is 5.30. The van der Waals surface area contributed by atoms with E-state index in [4.69, 9.17) is 5.11 Å². The number of hydrogen-bond donors (Lipinski definition) is 2. The predicted octanol–water partition coefficient (Wildman–Crippen LogP) is 0.313. The lowest BCUT2D eigenvalue weighted by atomic mass is 10.1. The van der Waals surface area contributed by atoms with Crippen molar-refractivity contribution in [3.63, 3.8) is 0 Å². The molecule has 0 saturated heterocycles. The summed E-state index contributed by atoms with van der Waals surface area (Å²) in [5, 5.41) is 15.4. The topological polar surface area (TPSA) is 122 Å². The van der Waals surface area contributed by atoms with Crippen molar-refractivity contribution in [2.75, 3.05) is 24.2 Å². The molecule has 0 unspecified atom stereocenters. The fraction of sp³-hybridized carbons (Fsp3) is 0.615. The van der Waals surface area contributed by atoms with Gasteiger partial charge in [0.1, 0.15) is 5.75 Å². The van der Waals surface area contributed by atoms with Crippen LogP contribution in [0, 0.1) is 0 Å². The summed E-state index contributed by atoms with van der Waals surface area (Å²) in [6.45, 7) is 6.87. The number of amides is 1. The highest BCUT2D eigenvalue weighted by Gasteiger charge is 2.30. The minimum Gasteiger partial charge on any atom is -0.479 e. The van der Waals surface area contributed by atoms with Gasteiger partial charge in [-0.15, -0.1) is 0 Å². The van der Waals surface area contributed by atoms with Crippen molar-refractivity contribution < 1.29 is 23.1 Å². The van der Waals surface area contributed by atoms with E-state index in [0.29, 0.717) is 0 Å². The molecule has 0 aliphatic heterocycles. The van der Waals surface area contributed by atoms with Gasteiger partial charge >= 0.3 is 5.97 Å². The average Bonchev–Trinajstić information content (AvgIpc) is 2.87. The molecule has 2 N–H and O–H groups in total. The van der Waals surface area contributed by atoms with E-state index in [2.05, 4.69) is 10.4 Å². The SMILES string of the molecule is CCN(CC)S(=O)(=O)CC(=O)Nc1cnn(C(C)(C)C(=O)O)c1. The maximum atomic E-state index is 12.0. The van der Waals surface area contributed by atoms with Crippen LogP contribution in [0.1, 0.15) is 27.7 Å². The zero-order valence-corrected chi connectivity index (χ0v) is 14.4. The number of nitrogens with zero attached hydrogens (tertiary/aromatic N) is 3. The van der Waals surface area contributed by atoms with Gasteiger partial charge in [-0.3, -0.25) is 9.48 Å². The first-order chi connectivity index (χ1) is 10.5. The summed E-state index contributed by atoms with van der Waals surface area (Å²) in [7, 11) is -3.68. The molecule has 0 aliphatic rings. The normalized spacial score (nSPS) is 12.4. The summed E-state index contributed by atoms with van der Waals surface area (Å²) in [4.78, 5) is 23.0. The van der Waals surface area contributed by atoms with Crippen LogP contribution in [0.25, 0.3) is 0 Å². The predicted molar refractivity (Wildman–Crippen MR) is 84.5 cm³/mol. The van der Waals surface area contributed by atoms with E-state index >= 15 is 0 Å². The molecule has 9 nitrogen and oxygen atoms in total. The second kappa shape index (κ2) is 7.09. The minimum atomic E-state index is -3.68. The van der Waals surface area contributed by atoms with E-state index < -0.39 is 33.2 Å². The summed E-state index contributed by atoms with van der Waals surface area (Å²) in [5.74, 6) is -2.46. The number of hydrogen-bond acceptors (Lipinski definition) is 5. The van der Waals surface area contributed by atoms with Gasteiger partial charge in [0.05, 0.1) is 11.9 Å². The van der Waals surface area contributed by atoms with E-state index in [1.165, 1.54) is 35.2 Å². The Morgan fingerprint density at radius 2 is 1.91 bits per heavy atom. The summed E-state index contributed by atoms with van der Waals surface area (Å²) >= 11 is 0. The van der Waals surface area contributed by atoms with E-state index in [0.717, 1.165) is 0 Å². The molecular formula is C13H22N4O5S. The fourth-order valence-electron chi connectivity index (χ4n) is 1.86. The number of rotatable bonds is 8. The lowest BCUT2D eigenvalue weighted by Gasteiger charge is -2.19. The van der Waals surface area contributed by atoms with Crippen molar-refractivity contribution in [2.45, 2.75) is 33.2 Å². The maximum absolute atomic E-state index is 12.0. The first-order valence-corrected chi connectivity index (χ1v) is 8.71. The molecule has 10 heteroatoms. The highest BCUT2D eigenvalue weighted by molar-refractivity contribution is 7.89. The van der Waals surface area contributed by atoms with Crippen molar-refractivity contribution in [1.29, 1.82) is 0 Å². The van der Waals surface area contributed by atoms with Gasteiger partial charge in [0, 0.05) is 19.3 Å². The van der Waals surface area contributed by atoms with Crippen molar-refractivity contribution in [3.05, 3.63) is 12.4 Å². The van der Waals surface area contributed by atoms with Crippen LogP contribution in [-0.4, -0.2) is 58.3 Å². The van der Waals surface area contributed by atoms with Crippen LogP contribution >= 0.6 is 0 Å². The highest BCUT2D eigenvalue weighted by atomic mass is 32.2. The molecule has 130 valence electrons. The standard InChI is InChI=1S/C13H22N4O5S/c1-5-16(6-2)23(21,22)9-11(18)15-10-7-14-17(8-10)13(3,4)12(19)20/h7-8H,5-6,9H2,1-4H3,(H,15,18)(H,19,20). The van der Waals surface area contributed by atoms with E-state index in [1.54, 1.807) is 13.8 Å². The van der Waals surface area contributed by atoms with E-state index in [9.17, 15) is 18.0 Å². The molecule has 0 fully saturated rings. The molecule has 0 aliphatic carbocycles. The van der Waals surface area contributed by atoms with E-state index in [1.807, 2.05) is 0 Å². The Balaban J connectivity index is 2.80. The molecule has 0 radical (unpaired) electrons. The van der Waals surface area contributed by atoms with Crippen LogP contribution in [0.2, 0.25) is 0 Å². The smallest absolute Gasteiger partial charge is 0.331 e. The molecule has 1 rings (SSSR count). The Morgan fingerprint density at radius 3 is 2.39 bits per heavy atom. The third-order valence-electron chi connectivity index (χ3n) is 3.37. The molecule has 1 heterocycles. The Hall–Kier alpha value is -1.94. The van der Waals surface area contributed by atoms with Gasteiger partial charge in [-0.25, -0.2) is 17.5 Å². The second-order valence-corrected chi connectivity index (χ2v) is 7.40. The Labute approximate surface area is 135 Å². The van der Waals surface area contributed by atoms with Crippen LogP contribution in [0.5, 0.6) is 0 Å². The quantitative estimate of drug-likeness (QED) is 0.699. The molecule has 1 amide bonds. The third kappa shape index (κ3) is 4.52. The van der Waals surface area contributed by atoms with Crippen LogP contribution < -0.4 is 5.32 Å². The average molecular weight is 346 g/mol. The molecular weight excluding hydrogens is 324 g/mol. The molecule has 0 aromatic carbocycles. The molecule has 1 aromatic heterocycles. The van der Waals surface area contributed by atoms with Crippen LogP contribution in [-0.2, 0) is 25.2 Å². The fourth-order valence-corrected chi connectivity index (χ4v) is 3.23. The van der Waals surface area contributed by atoms with Crippen molar-refractivity contribution in [2.24, 2.45) is 0 Å². The summed E-state index contributed by atoms with van der Waals surface area (Å²) in [5.41, 5.74) is -1.05. The molecule has 1 aromatic rings. The number of aliphatic carboxylic acids is 1. The zero-order valence-electron chi connectivity index (χ0n) is 13.6. The summed E-state index contributed by atoms with van der Waals surface area (Å²) in [6.07, 6.45) is 2.61. The molecule has 0 saturated carbocycles. The molecule has 0 atom stereocenters. The van der Waals surface area contributed by atoms with Gasteiger partial charge < -0.3 is 10.4 Å². The largest absolute Gasteiger partial charge is 0.479 e. The summed E-state index contributed by atoms with van der Waals surface area (Å²) < 4.78 is 26.4.